The maximum atomic E-state index is 11.3. The maximum Gasteiger partial charge on any atom is 0.261 e. The summed E-state index contributed by atoms with van der Waals surface area (Å²) in [5.41, 5.74) is 11.7. The van der Waals surface area contributed by atoms with E-state index in [4.69, 9.17) is 11.5 Å². The van der Waals surface area contributed by atoms with E-state index in [1.165, 1.54) is 30.6 Å². The van der Waals surface area contributed by atoms with Gasteiger partial charge >= 0.3 is 0 Å². The number of amides is 1. The Morgan fingerprint density at radius 3 is 2.80 bits per heavy atom. The lowest BCUT2D eigenvalue weighted by Gasteiger charge is -2.16. The Balaban J connectivity index is 2.19. The van der Waals surface area contributed by atoms with E-state index >= 15 is 0 Å². The van der Waals surface area contributed by atoms with Gasteiger partial charge in [-0.25, -0.2) is 0 Å². The van der Waals surface area contributed by atoms with Crippen LogP contribution in [-0.4, -0.2) is 11.9 Å². The number of carbonyl (C=O) groups excluding carboxylic acids is 1. The summed E-state index contributed by atoms with van der Waals surface area (Å²) in [6.07, 6.45) is 5.78. The van der Waals surface area contributed by atoms with Gasteiger partial charge < -0.3 is 16.8 Å². The largest absolute Gasteiger partial charge is 0.396 e. The molecule has 5 nitrogen and oxygen atoms in total. The molecule has 0 aromatic carbocycles. The minimum absolute atomic E-state index is 0.203. The monoisotopic (exact) mass is 292 g/mol. The van der Waals surface area contributed by atoms with Crippen molar-refractivity contribution in [2.75, 3.05) is 11.1 Å². The zero-order valence-electron chi connectivity index (χ0n) is 11.6. The van der Waals surface area contributed by atoms with Crippen molar-refractivity contribution in [1.29, 1.82) is 5.26 Å². The number of nitrogens with zero attached hydrogens (tertiary/aromatic N) is 1. The van der Waals surface area contributed by atoms with Crippen molar-refractivity contribution in [2.45, 2.75) is 45.1 Å². The molecule has 0 radical (unpaired) electrons. The minimum Gasteiger partial charge on any atom is -0.396 e. The number of thiophene rings is 1. The van der Waals surface area contributed by atoms with Gasteiger partial charge in [0.1, 0.15) is 21.5 Å². The summed E-state index contributed by atoms with van der Waals surface area (Å²) in [6, 6.07) is 2.41. The first-order chi connectivity index (χ1) is 9.52. The second kappa shape index (κ2) is 6.14. The Morgan fingerprint density at radius 2 is 2.15 bits per heavy atom. The Bertz CT molecular complexity index is 546. The number of nitrogens with one attached hydrogen (secondary N) is 1. The summed E-state index contributed by atoms with van der Waals surface area (Å²) >= 11 is 1.19. The molecule has 2 unspecified atom stereocenters. The van der Waals surface area contributed by atoms with Crippen molar-refractivity contribution < 1.29 is 4.79 Å². The van der Waals surface area contributed by atoms with Crippen LogP contribution in [0, 0.1) is 17.2 Å². The van der Waals surface area contributed by atoms with E-state index in [0.29, 0.717) is 16.6 Å². The van der Waals surface area contributed by atoms with Crippen molar-refractivity contribution in [2.24, 2.45) is 11.7 Å². The Kier molecular flexibility index (Phi) is 4.50. The molecular weight excluding hydrogens is 272 g/mol. The predicted molar refractivity (Wildman–Crippen MR) is 81.6 cm³/mol. The van der Waals surface area contributed by atoms with Gasteiger partial charge in [0, 0.05) is 6.04 Å². The van der Waals surface area contributed by atoms with E-state index in [0.717, 1.165) is 18.8 Å². The number of nitrogen functional groups attached to an aromatic ring is 1. The maximum absolute atomic E-state index is 11.3. The first kappa shape index (κ1) is 14.7. The first-order valence-electron chi connectivity index (χ1n) is 6.91. The minimum atomic E-state index is -0.577. The average molecular weight is 292 g/mol. The number of carbonyl (C=O) groups is 1. The summed E-state index contributed by atoms with van der Waals surface area (Å²) in [6.45, 7) is 2.28. The molecule has 1 aromatic heterocycles. The Morgan fingerprint density at radius 1 is 1.40 bits per heavy atom. The van der Waals surface area contributed by atoms with E-state index in [9.17, 15) is 10.1 Å². The van der Waals surface area contributed by atoms with E-state index < -0.39 is 5.91 Å². The van der Waals surface area contributed by atoms with Crippen LogP contribution in [0.2, 0.25) is 0 Å². The van der Waals surface area contributed by atoms with Crippen LogP contribution in [0.1, 0.15) is 54.3 Å². The van der Waals surface area contributed by atoms with Crippen molar-refractivity contribution in [3.8, 4) is 6.07 Å². The molecule has 2 atom stereocenters. The second-order valence-corrected chi connectivity index (χ2v) is 6.50. The molecule has 1 heterocycles. The molecule has 5 N–H and O–H groups in total. The van der Waals surface area contributed by atoms with Gasteiger partial charge in [-0.3, -0.25) is 4.79 Å². The molecule has 0 saturated heterocycles. The normalized spacial score (nSPS) is 22.8. The van der Waals surface area contributed by atoms with Crippen LogP contribution < -0.4 is 16.8 Å². The van der Waals surface area contributed by atoms with Crippen LogP contribution >= 0.6 is 11.3 Å². The van der Waals surface area contributed by atoms with Crippen LogP contribution in [0.15, 0.2) is 0 Å². The Labute approximate surface area is 122 Å². The highest BCUT2D eigenvalue weighted by atomic mass is 32.1. The molecule has 20 heavy (non-hydrogen) atoms. The quantitative estimate of drug-likeness (QED) is 0.745. The fraction of sp³-hybridized carbons (Fsp3) is 0.571. The van der Waals surface area contributed by atoms with Crippen LogP contribution in [-0.2, 0) is 0 Å². The fourth-order valence-corrected chi connectivity index (χ4v) is 3.66. The van der Waals surface area contributed by atoms with Gasteiger partial charge in [-0.1, -0.05) is 19.8 Å². The number of hydrogen-bond acceptors (Lipinski definition) is 5. The predicted octanol–water partition coefficient (Wildman–Crippen LogP) is 2.68. The SMILES string of the molecule is CC1CCCC(Nc2sc(C(N)=O)c(N)c2C#N)CC1. The topological polar surface area (TPSA) is 105 Å². The van der Waals surface area contributed by atoms with Gasteiger partial charge in [0.2, 0.25) is 0 Å². The Hall–Kier alpha value is -1.74. The standard InChI is InChI=1S/C14H20N4OS/c1-8-3-2-4-9(6-5-8)18-14-10(7-15)11(16)12(20-14)13(17)19/h8-9,18H,2-6,16H2,1H3,(H2,17,19). The third-order valence-corrected chi connectivity index (χ3v) is 5.02. The van der Waals surface area contributed by atoms with Gasteiger partial charge in [0.25, 0.3) is 5.91 Å². The summed E-state index contributed by atoms with van der Waals surface area (Å²) in [5, 5.41) is 13.3. The van der Waals surface area contributed by atoms with Gasteiger partial charge in [0.05, 0.1) is 5.69 Å². The van der Waals surface area contributed by atoms with E-state index in [-0.39, 0.29) is 10.6 Å². The molecule has 1 aromatic rings. The summed E-state index contributed by atoms with van der Waals surface area (Å²) in [4.78, 5) is 11.6. The molecule has 1 saturated carbocycles. The summed E-state index contributed by atoms with van der Waals surface area (Å²) in [7, 11) is 0. The van der Waals surface area contributed by atoms with Crippen LogP contribution in [0.25, 0.3) is 0 Å². The third kappa shape index (κ3) is 3.05. The highest BCUT2D eigenvalue weighted by molar-refractivity contribution is 7.18. The molecule has 0 bridgehead atoms. The molecule has 0 aliphatic heterocycles. The lowest BCUT2D eigenvalue weighted by atomic mass is 10.0. The zero-order chi connectivity index (χ0) is 14.7. The third-order valence-electron chi connectivity index (χ3n) is 3.87. The van der Waals surface area contributed by atoms with Gasteiger partial charge in [-0.05, 0) is 25.2 Å². The van der Waals surface area contributed by atoms with Crippen molar-refractivity contribution in [3.63, 3.8) is 0 Å². The number of nitrogens with two attached hydrogens (primary N) is 2. The second-order valence-electron chi connectivity index (χ2n) is 5.48. The summed E-state index contributed by atoms with van der Waals surface area (Å²) < 4.78 is 0. The van der Waals surface area contributed by atoms with Gasteiger partial charge in [-0.2, -0.15) is 5.26 Å². The molecule has 1 aliphatic carbocycles. The summed E-state index contributed by atoms with van der Waals surface area (Å²) in [5.74, 6) is 0.179. The molecule has 1 amide bonds. The van der Waals surface area contributed by atoms with E-state index in [1.54, 1.807) is 0 Å². The van der Waals surface area contributed by atoms with Crippen LogP contribution in [0.4, 0.5) is 10.7 Å². The molecule has 1 fully saturated rings. The van der Waals surface area contributed by atoms with Crippen molar-refractivity contribution in [1.82, 2.24) is 0 Å². The fourth-order valence-electron chi connectivity index (χ4n) is 2.66. The number of anilines is 2. The van der Waals surface area contributed by atoms with Gasteiger partial charge in [0.15, 0.2) is 0 Å². The van der Waals surface area contributed by atoms with Crippen molar-refractivity contribution in [3.05, 3.63) is 10.4 Å². The van der Waals surface area contributed by atoms with E-state index in [1.807, 2.05) is 0 Å². The molecular formula is C14H20N4OS. The molecule has 6 heteroatoms. The first-order valence-corrected chi connectivity index (χ1v) is 7.73. The van der Waals surface area contributed by atoms with Gasteiger partial charge in [-0.15, -0.1) is 11.3 Å². The number of primary amides is 1. The van der Waals surface area contributed by atoms with Crippen molar-refractivity contribution >= 4 is 27.9 Å². The molecule has 1 aliphatic rings. The lowest BCUT2D eigenvalue weighted by molar-refractivity contribution is 0.100. The molecule has 108 valence electrons. The lowest BCUT2D eigenvalue weighted by Crippen LogP contribution is -2.18. The highest BCUT2D eigenvalue weighted by Gasteiger charge is 2.22. The van der Waals surface area contributed by atoms with Crippen LogP contribution in [0.3, 0.4) is 0 Å². The molecule has 2 rings (SSSR count). The van der Waals surface area contributed by atoms with E-state index in [2.05, 4.69) is 18.3 Å². The smallest absolute Gasteiger partial charge is 0.261 e. The number of rotatable bonds is 3. The average Bonchev–Trinajstić information content (AvgIpc) is 2.56. The zero-order valence-corrected chi connectivity index (χ0v) is 12.4. The molecule has 0 spiro atoms. The highest BCUT2D eigenvalue weighted by Crippen LogP contribution is 2.36. The number of hydrogen-bond donors (Lipinski definition) is 3. The number of nitriles is 1. The van der Waals surface area contributed by atoms with Crippen LogP contribution in [0.5, 0.6) is 0 Å².